The van der Waals surface area contributed by atoms with Crippen LogP contribution in [0, 0.1) is 6.92 Å². The van der Waals surface area contributed by atoms with Crippen LogP contribution in [0.4, 0.5) is 5.69 Å². The molecule has 98 valence electrons. The molecule has 1 saturated carbocycles. The van der Waals surface area contributed by atoms with Crippen molar-refractivity contribution >= 4 is 29.8 Å². The van der Waals surface area contributed by atoms with E-state index in [0.717, 1.165) is 5.69 Å². The lowest BCUT2D eigenvalue weighted by Crippen LogP contribution is -2.22. The third-order valence-electron chi connectivity index (χ3n) is 3.15. The molecule has 1 aromatic carbocycles. The van der Waals surface area contributed by atoms with Crippen molar-refractivity contribution in [3.8, 4) is 0 Å². The number of hydrogen-bond acceptors (Lipinski definition) is 2. The molecule has 0 saturated heterocycles. The highest BCUT2D eigenvalue weighted by Gasteiger charge is 2.28. The Balaban J connectivity index is 2.19. The Hall–Kier alpha value is -0.543. The summed E-state index contributed by atoms with van der Waals surface area (Å²) in [6.07, 6.45) is 3.82. The molecule has 0 amide bonds. The summed E-state index contributed by atoms with van der Waals surface area (Å²) in [6, 6.07) is 8.45. The smallest absolute Gasteiger partial charge is 0.109 e. The minimum atomic E-state index is -1.06. The summed E-state index contributed by atoms with van der Waals surface area (Å²) in [6.45, 7) is 9.44. The van der Waals surface area contributed by atoms with Gasteiger partial charge in [-0.2, -0.15) is 11.2 Å². The Morgan fingerprint density at radius 3 is 2.61 bits per heavy atom. The van der Waals surface area contributed by atoms with Gasteiger partial charge in [0.15, 0.2) is 0 Å². The van der Waals surface area contributed by atoms with Gasteiger partial charge in [-0.15, -0.1) is 0 Å². The van der Waals surface area contributed by atoms with Crippen LogP contribution in [-0.2, 0) is 0 Å². The molecule has 1 unspecified atom stereocenters. The van der Waals surface area contributed by atoms with E-state index in [1.165, 1.54) is 30.5 Å². The number of rotatable bonds is 3. The third kappa shape index (κ3) is 3.72. The van der Waals surface area contributed by atoms with Gasteiger partial charge < -0.3 is 0 Å². The van der Waals surface area contributed by atoms with Gasteiger partial charge in [0.25, 0.3) is 0 Å². The van der Waals surface area contributed by atoms with Gasteiger partial charge in [-0.3, -0.25) is 4.99 Å². The molecule has 0 N–H and O–H groups in total. The Morgan fingerprint density at radius 2 is 1.94 bits per heavy atom. The largest absolute Gasteiger partial charge is 0.256 e. The fourth-order valence-corrected chi connectivity index (χ4v) is 7.09. The van der Waals surface area contributed by atoms with Crippen LogP contribution in [-0.4, -0.2) is 18.2 Å². The van der Waals surface area contributed by atoms with Crippen LogP contribution in [0.1, 0.15) is 24.8 Å². The lowest BCUT2D eigenvalue weighted by atomic mass is 10.2. The molecule has 1 aromatic rings. The standard InChI is InChI=1S/C15H23NSSi/c1-12-8-5-6-9-13(12)16-14-10-7-11-15(14)17-18(2,3)4/h5-6,8-9,15H,7,10-11H2,1-4H3/b16-14+. The van der Waals surface area contributed by atoms with Crippen molar-refractivity contribution in [2.75, 3.05) is 0 Å². The molecule has 0 bridgehead atoms. The highest BCUT2D eigenvalue weighted by atomic mass is 32.4. The van der Waals surface area contributed by atoms with Crippen LogP contribution in [0.5, 0.6) is 0 Å². The molecule has 0 heterocycles. The average Bonchev–Trinajstić information content (AvgIpc) is 2.67. The van der Waals surface area contributed by atoms with Gasteiger partial charge in [-0.25, -0.2) is 0 Å². The highest BCUT2D eigenvalue weighted by Crippen LogP contribution is 2.35. The minimum Gasteiger partial charge on any atom is -0.256 e. The molecule has 1 aliphatic rings. The molecule has 0 aromatic heterocycles. The van der Waals surface area contributed by atoms with Gasteiger partial charge in [0.2, 0.25) is 0 Å². The summed E-state index contributed by atoms with van der Waals surface area (Å²) in [5.41, 5.74) is 3.88. The number of benzene rings is 1. The van der Waals surface area contributed by atoms with Gasteiger partial charge in [-0.1, -0.05) is 37.8 Å². The SMILES string of the molecule is Cc1ccccc1/N=C1\CCCC1S[Si](C)(C)C. The zero-order valence-corrected chi connectivity index (χ0v) is 13.7. The van der Waals surface area contributed by atoms with E-state index in [4.69, 9.17) is 4.99 Å². The van der Waals surface area contributed by atoms with Crippen LogP contribution in [0.15, 0.2) is 29.3 Å². The molecule has 1 atom stereocenters. The van der Waals surface area contributed by atoms with Gasteiger partial charge in [0.1, 0.15) is 7.22 Å². The molecule has 2 rings (SSSR count). The summed E-state index contributed by atoms with van der Waals surface area (Å²) < 4.78 is 0. The summed E-state index contributed by atoms with van der Waals surface area (Å²) >= 11 is 2.21. The van der Waals surface area contributed by atoms with E-state index >= 15 is 0 Å². The summed E-state index contributed by atoms with van der Waals surface area (Å²) in [5.74, 6) is 0. The minimum absolute atomic E-state index is 0.677. The van der Waals surface area contributed by atoms with Crippen LogP contribution in [0.2, 0.25) is 19.6 Å². The van der Waals surface area contributed by atoms with E-state index in [1.807, 2.05) is 0 Å². The normalized spacial score (nSPS) is 22.7. The fraction of sp³-hybridized carbons (Fsp3) is 0.533. The average molecular weight is 278 g/mol. The lowest BCUT2D eigenvalue weighted by molar-refractivity contribution is 0.895. The van der Waals surface area contributed by atoms with Crippen molar-refractivity contribution in [2.45, 2.75) is 51.1 Å². The molecule has 1 fully saturated rings. The second-order valence-electron chi connectivity index (χ2n) is 6.00. The first-order valence-corrected chi connectivity index (χ1v) is 11.9. The van der Waals surface area contributed by atoms with Crippen molar-refractivity contribution in [1.29, 1.82) is 0 Å². The summed E-state index contributed by atoms with van der Waals surface area (Å²) in [4.78, 5) is 4.94. The van der Waals surface area contributed by atoms with E-state index in [2.05, 4.69) is 62.0 Å². The zero-order chi connectivity index (χ0) is 13.2. The number of para-hydroxylation sites is 1. The molecule has 18 heavy (non-hydrogen) atoms. The van der Waals surface area contributed by atoms with E-state index in [-0.39, 0.29) is 0 Å². The van der Waals surface area contributed by atoms with Crippen molar-refractivity contribution < 1.29 is 0 Å². The Kier molecular flexibility index (Phi) is 4.33. The molecular weight excluding hydrogens is 254 g/mol. The van der Waals surface area contributed by atoms with E-state index in [1.54, 1.807) is 0 Å². The predicted octanol–water partition coefficient (Wildman–Crippen LogP) is 5.19. The Labute approximate surface area is 116 Å². The molecule has 1 nitrogen and oxygen atoms in total. The molecule has 0 radical (unpaired) electrons. The van der Waals surface area contributed by atoms with E-state index in [9.17, 15) is 0 Å². The fourth-order valence-electron chi connectivity index (χ4n) is 2.32. The number of aryl methyl sites for hydroxylation is 1. The van der Waals surface area contributed by atoms with Gasteiger partial charge in [-0.05, 0) is 37.8 Å². The summed E-state index contributed by atoms with van der Waals surface area (Å²) in [5, 5.41) is 0.677. The molecule has 1 aliphatic carbocycles. The number of aliphatic imine (C=N–C) groups is 1. The highest BCUT2D eigenvalue weighted by molar-refractivity contribution is 8.29. The maximum atomic E-state index is 4.94. The van der Waals surface area contributed by atoms with Crippen LogP contribution >= 0.6 is 11.2 Å². The van der Waals surface area contributed by atoms with Crippen LogP contribution < -0.4 is 0 Å². The zero-order valence-electron chi connectivity index (χ0n) is 11.9. The Morgan fingerprint density at radius 1 is 1.22 bits per heavy atom. The van der Waals surface area contributed by atoms with Gasteiger partial charge in [0.05, 0.1) is 5.69 Å². The predicted molar refractivity (Wildman–Crippen MR) is 86.9 cm³/mol. The number of hydrogen-bond donors (Lipinski definition) is 0. The third-order valence-corrected chi connectivity index (χ3v) is 7.62. The van der Waals surface area contributed by atoms with Gasteiger partial charge >= 0.3 is 0 Å². The molecular formula is C15H23NSSi. The van der Waals surface area contributed by atoms with E-state index < -0.39 is 7.22 Å². The van der Waals surface area contributed by atoms with Crippen molar-refractivity contribution in [3.63, 3.8) is 0 Å². The quantitative estimate of drug-likeness (QED) is 0.693. The van der Waals surface area contributed by atoms with Crippen LogP contribution in [0.25, 0.3) is 0 Å². The van der Waals surface area contributed by atoms with Crippen molar-refractivity contribution in [2.24, 2.45) is 4.99 Å². The first kappa shape index (κ1) is 13.9. The van der Waals surface area contributed by atoms with Crippen molar-refractivity contribution in [3.05, 3.63) is 29.8 Å². The monoisotopic (exact) mass is 277 g/mol. The van der Waals surface area contributed by atoms with Gasteiger partial charge in [0, 0.05) is 11.0 Å². The second kappa shape index (κ2) is 5.62. The van der Waals surface area contributed by atoms with Crippen LogP contribution in [0.3, 0.4) is 0 Å². The van der Waals surface area contributed by atoms with Crippen molar-refractivity contribution in [1.82, 2.24) is 0 Å². The second-order valence-corrected chi connectivity index (χ2v) is 15.4. The maximum absolute atomic E-state index is 4.94. The topological polar surface area (TPSA) is 12.4 Å². The first-order valence-electron chi connectivity index (χ1n) is 6.76. The molecule has 3 heteroatoms. The first-order chi connectivity index (χ1) is 8.46. The Bertz CT molecular complexity index is 448. The van der Waals surface area contributed by atoms with E-state index in [0.29, 0.717) is 5.25 Å². The maximum Gasteiger partial charge on any atom is 0.109 e. The molecule has 0 spiro atoms. The summed E-state index contributed by atoms with van der Waals surface area (Å²) in [7, 11) is -1.06. The lowest BCUT2D eigenvalue weighted by Gasteiger charge is -2.21. The molecule has 0 aliphatic heterocycles. The number of nitrogens with zero attached hydrogens (tertiary/aromatic N) is 1.